The molecule has 0 atom stereocenters. The van der Waals surface area contributed by atoms with Gasteiger partial charge in [0.1, 0.15) is 10.8 Å². The van der Waals surface area contributed by atoms with E-state index in [9.17, 15) is 4.39 Å². The lowest BCUT2D eigenvalue weighted by Crippen LogP contribution is -2.02. The van der Waals surface area contributed by atoms with Crippen LogP contribution in [0.4, 0.5) is 10.2 Å². The van der Waals surface area contributed by atoms with Crippen molar-refractivity contribution in [3.8, 4) is 11.6 Å². The SMILES string of the molecule is CCNc1nc(Oc2cccc(Cl)c2F)c(Cl)cc1Cl. The first-order valence-electron chi connectivity index (χ1n) is 5.74. The summed E-state index contributed by atoms with van der Waals surface area (Å²) in [7, 11) is 0. The van der Waals surface area contributed by atoms with Crippen LogP contribution < -0.4 is 10.1 Å². The van der Waals surface area contributed by atoms with E-state index in [0.717, 1.165) is 0 Å². The molecule has 3 nitrogen and oxygen atoms in total. The molecule has 0 radical (unpaired) electrons. The molecule has 2 rings (SSSR count). The molecule has 7 heteroatoms. The van der Waals surface area contributed by atoms with Gasteiger partial charge in [0.25, 0.3) is 0 Å². The van der Waals surface area contributed by atoms with Crippen molar-refractivity contribution < 1.29 is 9.13 Å². The van der Waals surface area contributed by atoms with Crippen LogP contribution in [0.15, 0.2) is 24.3 Å². The van der Waals surface area contributed by atoms with Crippen molar-refractivity contribution in [1.29, 1.82) is 0 Å². The number of rotatable bonds is 4. The summed E-state index contributed by atoms with van der Waals surface area (Å²) in [4.78, 5) is 4.12. The summed E-state index contributed by atoms with van der Waals surface area (Å²) in [5, 5.41) is 3.45. The molecule has 0 aliphatic heterocycles. The van der Waals surface area contributed by atoms with Crippen molar-refractivity contribution >= 4 is 40.6 Å². The highest BCUT2D eigenvalue weighted by atomic mass is 35.5. The van der Waals surface area contributed by atoms with E-state index >= 15 is 0 Å². The fraction of sp³-hybridized carbons (Fsp3) is 0.154. The molecule has 106 valence electrons. The van der Waals surface area contributed by atoms with Gasteiger partial charge in [0.05, 0.1) is 10.0 Å². The first-order valence-corrected chi connectivity index (χ1v) is 6.88. The van der Waals surface area contributed by atoms with Crippen molar-refractivity contribution in [2.24, 2.45) is 0 Å². The van der Waals surface area contributed by atoms with E-state index in [2.05, 4.69) is 10.3 Å². The molecule has 0 saturated carbocycles. The van der Waals surface area contributed by atoms with E-state index in [1.807, 2.05) is 6.92 Å². The lowest BCUT2D eigenvalue weighted by molar-refractivity contribution is 0.428. The molecule has 20 heavy (non-hydrogen) atoms. The standard InChI is InChI=1S/C13H10Cl3FN2O/c1-2-18-12-8(15)6-9(16)13(19-12)20-10-5-3-4-7(14)11(10)17/h3-6H,2H2,1H3,(H,18,19). The second kappa shape index (κ2) is 6.48. The van der Waals surface area contributed by atoms with Crippen LogP contribution in [0.1, 0.15) is 6.92 Å². The number of pyridine rings is 1. The number of ether oxygens (including phenoxy) is 1. The summed E-state index contributed by atoms with van der Waals surface area (Å²) in [6.07, 6.45) is 0. The van der Waals surface area contributed by atoms with Crippen molar-refractivity contribution in [2.75, 3.05) is 11.9 Å². The van der Waals surface area contributed by atoms with Crippen LogP contribution in [-0.4, -0.2) is 11.5 Å². The lowest BCUT2D eigenvalue weighted by Gasteiger charge is -2.11. The number of aromatic nitrogens is 1. The Bertz CT molecular complexity index is 637. The zero-order chi connectivity index (χ0) is 14.7. The molecule has 0 aliphatic rings. The second-order valence-corrected chi connectivity index (χ2v) is 5.01. The Hall–Kier alpha value is -1.23. The number of hydrogen-bond donors (Lipinski definition) is 1. The second-order valence-electron chi connectivity index (χ2n) is 3.79. The van der Waals surface area contributed by atoms with Crippen LogP contribution in [0.25, 0.3) is 0 Å². The van der Waals surface area contributed by atoms with E-state index in [0.29, 0.717) is 17.4 Å². The van der Waals surface area contributed by atoms with Gasteiger partial charge in [-0.25, -0.2) is 4.39 Å². The Morgan fingerprint density at radius 1 is 1.20 bits per heavy atom. The molecule has 0 fully saturated rings. The number of hydrogen-bond acceptors (Lipinski definition) is 3. The zero-order valence-corrected chi connectivity index (χ0v) is 12.7. The third-order valence-corrected chi connectivity index (χ3v) is 3.22. The maximum atomic E-state index is 13.8. The van der Waals surface area contributed by atoms with Crippen LogP contribution in [-0.2, 0) is 0 Å². The Morgan fingerprint density at radius 3 is 2.65 bits per heavy atom. The fourth-order valence-corrected chi connectivity index (χ4v) is 2.11. The number of halogens is 4. The van der Waals surface area contributed by atoms with Gasteiger partial charge in [-0.15, -0.1) is 0 Å². The molecule has 1 heterocycles. The predicted molar refractivity (Wildman–Crippen MR) is 79.9 cm³/mol. The van der Waals surface area contributed by atoms with Crippen LogP contribution in [0.3, 0.4) is 0 Å². The minimum absolute atomic E-state index is 0.0421. The van der Waals surface area contributed by atoms with Gasteiger partial charge in [0.15, 0.2) is 11.6 Å². The van der Waals surface area contributed by atoms with Gasteiger partial charge in [-0.2, -0.15) is 4.98 Å². The summed E-state index contributed by atoms with van der Waals surface area (Å²) in [5.41, 5.74) is 0. The highest BCUT2D eigenvalue weighted by Crippen LogP contribution is 2.35. The number of nitrogens with one attached hydrogen (secondary N) is 1. The summed E-state index contributed by atoms with van der Waals surface area (Å²) in [5.74, 6) is -0.271. The maximum absolute atomic E-state index is 13.8. The summed E-state index contributed by atoms with van der Waals surface area (Å²) in [6.45, 7) is 2.52. The molecule has 0 amide bonds. The van der Waals surface area contributed by atoms with Crippen LogP contribution in [0.2, 0.25) is 15.1 Å². The molecular weight excluding hydrogens is 326 g/mol. The van der Waals surface area contributed by atoms with E-state index < -0.39 is 5.82 Å². The molecule has 1 aromatic heterocycles. The molecule has 0 bridgehead atoms. The number of anilines is 1. The summed E-state index contributed by atoms with van der Waals surface area (Å²) >= 11 is 17.7. The lowest BCUT2D eigenvalue weighted by atomic mass is 10.3. The molecule has 1 aromatic carbocycles. The monoisotopic (exact) mass is 334 g/mol. The largest absolute Gasteiger partial charge is 0.434 e. The molecule has 0 spiro atoms. The molecule has 0 saturated heterocycles. The number of benzene rings is 1. The van der Waals surface area contributed by atoms with Crippen LogP contribution in [0.5, 0.6) is 11.6 Å². The van der Waals surface area contributed by atoms with E-state index in [-0.39, 0.29) is 21.7 Å². The fourth-order valence-electron chi connectivity index (χ4n) is 1.48. The number of nitrogens with zero attached hydrogens (tertiary/aromatic N) is 1. The summed E-state index contributed by atoms with van der Waals surface area (Å²) in [6, 6.07) is 5.90. The topological polar surface area (TPSA) is 34.2 Å². The average molecular weight is 336 g/mol. The van der Waals surface area contributed by atoms with Gasteiger partial charge in [0.2, 0.25) is 5.88 Å². The van der Waals surface area contributed by atoms with Crippen molar-refractivity contribution in [3.05, 3.63) is 45.2 Å². The Labute approximate surface area is 130 Å². The minimum Gasteiger partial charge on any atom is -0.434 e. The van der Waals surface area contributed by atoms with Gasteiger partial charge >= 0.3 is 0 Å². The van der Waals surface area contributed by atoms with Gasteiger partial charge in [0, 0.05) is 6.54 Å². The van der Waals surface area contributed by atoms with Crippen molar-refractivity contribution in [2.45, 2.75) is 6.92 Å². The van der Waals surface area contributed by atoms with E-state index in [1.54, 1.807) is 6.07 Å². The van der Waals surface area contributed by atoms with Gasteiger partial charge < -0.3 is 10.1 Å². The van der Waals surface area contributed by atoms with Gasteiger partial charge in [-0.1, -0.05) is 40.9 Å². The first kappa shape index (κ1) is 15.2. The van der Waals surface area contributed by atoms with E-state index in [4.69, 9.17) is 39.5 Å². The zero-order valence-electron chi connectivity index (χ0n) is 10.4. The third-order valence-electron chi connectivity index (χ3n) is 2.36. The Morgan fingerprint density at radius 2 is 1.95 bits per heavy atom. The average Bonchev–Trinajstić information content (AvgIpc) is 2.40. The Kier molecular flexibility index (Phi) is 4.91. The summed E-state index contributed by atoms with van der Waals surface area (Å²) < 4.78 is 19.1. The molecule has 0 aliphatic carbocycles. The molecule has 2 aromatic rings. The Balaban J connectivity index is 2.38. The quantitative estimate of drug-likeness (QED) is 0.811. The maximum Gasteiger partial charge on any atom is 0.240 e. The molecule has 0 unspecified atom stereocenters. The van der Waals surface area contributed by atoms with Crippen molar-refractivity contribution in [1.82, 2.24) is 4.98 Å². The third kappa shape index (κ3) is 3.26. The minimum atomic E-state index is -0.674. The highest BCUT2D eigenvalue weighted by molar-refractivity contribution is 6.36. The highest BCUT2D eigenvalue weighted by Gasteiger charge is 2.14. The van der Waals surface area contributed by atoms with Gasteiger partial charge in [-0.3, -0.25) is 0 Å². The van der Waals surface area contributed by atoms with Gasteiger partial charge in [-0.05, 0) is 25.1 Å². The van der Waals surface area contributed by atoms with E-state index in [1.165, 1.54) is 18.2 Å². The molecule has 1 N–H and O–H groups in total. The normalized spacial score (nSPS) is 10.4. The van der Waals surface area contributed by atoms with Crippen molar-refractivity contribution in [3.63, 3.8) is 0 Å². The van der Waals surface area contributed by atoms with Crippen LogP contribution in [0, 0.1) is 5.82 Å². The smallest absolute Gasteiger partial charge is 0.240 e. The predicted octanol–water partition coefficient (Wildman–Crippen LogP) is 5.41. The first-order chi connectivity index (χ1) is 9.52. The molecular formula is C13H10Cl3FN2O. The van der Waals surface area contributed by atoms with Crippen LogP contribution >= 0.6 is 34.8 Å².